The molecule has 1 aromatic heterocycles. The molecule has 3 heteroatoms. The van der Waals surface area contributed by atoms with Crippen LogP contribution in [0, 0.1) is 6.92 Å². The van der Waals surface area contributed by atoms with Gasteiger partial charge in [-0.25, -0.2) is 0 Å². The molecule has 0 saturated carbocycles. The number of rotatable bonds is 10. The lowest BCUT2D eigenvalue weighted by molar-refractivity contribution is 0.113. The van der Waals surface area contributed by atoms with Crippen molar-refractivity contribution in [2.45, 2.75) is 71.4 Å². The van der Waals surface area contributed by atoms with Gasteiger partial charge >= 0.3 is 0 Å². The SMILES string of the molecule is CCCCCCCC(C)(CN)N(C)Cc1ccc(C)o1. The molecule has 116 valence electrons. The van der Waals surface area contributed by atoms with E-state index in [2.05, 4.69) is 31.9 Å². The summed E-state index contributed by atoms with van der Waals surface area (Å²) in [5, 5.41) is 0. The van der Waals surface area contributed by atoms with Crippen molar-refractivity contribution in [2.75, 3.05) is 13.6 Å². The van der Waals surface area contributed by atoms with Crippen LogP contribution in [0.4, 0.5) is 0 Å². The Bertz CT molecular complexity index is 375. The number of likely N-dealkylation sites (N-methyl/N-ethyl adjacent to an activating group) is 1. The molecule has 2 N–H and O–H groups in total. The minimum Gasteiger partial charge on any atom is -0.465 e. The van der Waals surface area contributed by atoms with Crippen LogP contribution < -0.4 is 5.73 Å². The summed E-state index contributed by atoms with van der Waals surface area (Å²) in [5.41, 5.74) is 6.10. The van der Waals surface area contributed by atoms with Gasteiger partial charge in [0, 0.05) is 12.1 Å². The van der Waals surface area contributed by atoms with Crippen molar-refractivity contribution >= 4 is 0 Å². The first-order valence-electron chi connectivity index (χ1n) is 7.98. The summed E-state index contributed by atoms with van der Waals surface area (Å²) >= 11 is 0. The normalized spacial score (nSPS) is 14.7. The molecule has 1 rings (SSSR count). The molecule has 0 amide bonds. The van der Waals surface area contributed by atoms with E-state index < -0.39 is 0 Å². The summed E-state index contributed by atoms with van der Waals surface area (Å²) in [5.74, 6) is 2.00. The molecule has 1 unspecified atom stereocenters. The number of aryl methyl sites for hydroxylation is 1. The van der Waals surface area contributed by atoms with E-state index in [1.54, 1.807) is 0 Å². The van der Waals surface area contributed by atoms with Crippen molar-refractivity contribution in [3.05, 3.63) is 23.7 Å². The lowest BCUT2D eigenvalue weighted by Gasteiger charge is -2.38. The summed E-state index contributed by atoms with van der Waals surface area (Å²) < 4.78 is 5.67. The smallest absolute Gasteiger partial charge is 0.118 e. The maximum Gasteiger partial charge on any atom is 0.118 e. The molecule has 0 radical (unpaired) electrons. The van der Waals surface area contributed by atoms with Crippen LogP contribution in [0.1, 0.15) is 63.9 Å². The Morgan fingerprint density at radius 2 is 1.90 bits per heavy atom. The van der Waals surface area contributed by atoms with E-state index in [4.69, 9.17) is 10.2 Å². The lowest BCUT2D eigenvalue weighted by Crippen LogP contribution is -2.49. The number of nitrogens with zero attached hydrogens (tertiary/aromatic N) is 1. The van der Waals surface area contributed by atoms with Gasteiger partial charge in [-0.3, -0.25) is 4.90 Å². The third kappa shape index (κ3) is 5.29. The second-order valence-corrected chi connectivity index (χ2v) is 6.23. The van der Waals surface area contributed by atoms with E-state index in [1.807, 2.05) is 13.0 Å². The van der Waals surface area contributed by atoms with Gasteiger partial charge in [-0.15, -0.1) is 0 Å². The molecular weight excluding hydrogens is 248 g/mol. The maximum atomic E-state index is 6.04. The van der Waals surface area contributed by atoms with Crippen molar-refractivity contribution < 1.29 is 4.42 Å². The molecule has 20 heavy (non-hydrogen) atoms. The summed E-state index contributed by atoms with van der Waals surface area (Å²) in [6, 6.07) is 4.08. The van der Waals surface area contributed by atoms with Crippen LogP contribution in [-0.4, -0.2) is 24.0 Å². The molecule has 0 aliphatic rings. The Labute approximate surface area is 124 Å². The molecule has 0 aliphatic carbocycles. The highest BCUT2D eigenvalue weighted by Crippen LogP contribution is 2.23. The van der Waals surface area contributed by atoms with Gasteiger partial charge in [-0.2, -0.15) is 0 Å². The summed E-state index contributed by atoms with van der Waals surface area (Å²) in [6.07, 6.45) is 7.72. The van der Waals surface area contributed by atoms with Crippen molar-refractivity contribution in [2.24, 2.45) is 5.73 Å². The molecule has 1 atom stereocenters. The molecule has 0 spiro atoms. The van der Waals surface area contributed by atoms with Crippen LogP contribution in [-0.2, 0) is 6.54 Å². The van der Waals surface area contributed by atoms with Gasteiger partial charge in [0.15, 0.2) is 0 Å². The minimum absolute atomic E-state index is 0.0624. The van der Waals surface area contributed by atoms with Crippen LogP contribution >= 0.6 is 0 Å². The predicted molar refractivity (Wildman–Crippen MR) is 85.7 cm³/mol. The number of unbranched alkanes of at least 4 members (excludes halogenated alkanes) is 4. The topological polar surface area (TPSA) is 42.4 Å². The zero-order chi connectivity index (χ0) is 15.0. The molecule has 1 aromatic rings. The highest BCUT2D eigenvalue weighted by molar-refractivity contribution is 5.06. The van der Waals surface area contributed by atoms with E-state index in [0.29, 0.717) is 6.54 Å². The molecule has 1 heterocycles. The first-order chi connectivity index (χ1) is 9.51. The molecule has 0 aromatic carbocycles. The fourth-order valence-electron chi connectivity index (χ4n) is 2.55. The number of hydrogen-bond acceptors (Lipinski definition) is 3. The first kappa shape index (κ1) is 17.3. The largest absolute Gasteiger partial charge is 0.465 e. The fourth-order valence-corrected chi connectivity index (χ4v) is 2.55. The lowest BCUT2D eigenvalue weighted by atomic mass is 9.92. The van der Waals surface area contributed by atoms with Crippen LogP contribution in [0.25, 0.3) is 0 Å². The maximum absolute atomic E-state index is 6.04. The highest BCUT2D eigenvalue weighted by Gasteiger charge is 2.27. The van der Waals surface area contributed by atoms with Crippen molar-refractivity contribution in [1.29, 1.82) is 0 Å². The van der Waals surface area contributed by atoms with E-state index >= 15 is 0 Å². The first-order valence-corrected chi connectivity index (χ1v) is 7.98. The van der Waals surface area contributed by atoms with Gasteiger partial charge in [-0.05, 0) is 39.4 Å². The second kappa shape index (κ2) is 8.48. The predicted octanol–water partition coefficient (Wildman–Crippen LogP) is 4.10. The van der Waals surface area contributed by atoms with Gasteiger partial charge in [0.05, 0.1) is 6.54 Å². The molecule has 3 nitrogen and oxygen atoms in total. The van der Waals surface area contributed by atoms with Crippen molar-refractivity contribution in [3.63, 3.8) is 0 Å². The van der Waals surface area contributed by atoms with Gasteiger partial charge < -0.3 is 10.2 Å². The summed E-state index contributed by atoms with van der Waals surface area (Å²) in [7, 11) is 2.15. The quantitative estimate of drug-likeness (QED) is 0.656. The molecular formula is C17H32N2O. The number of furan rings is 1. The van der Waals surface area contributed by atoms with Crippen LogP contribution in [0.3, 0.4) is 0 Å². The Balaban J connectivity index is 2.44. The average molecular weight is 280 g/mol. The van der Waals surface area contributed by atoms with Gasteiger partial charge in [0.25, 0.3) is 0 Å². The standard InChI is InChI=1S/C17H32N2O/c1-5-6-7-8-9-12-17(3,14-18)19(4)13-16-11-10-15(2)20-16/h10-11H,5-9,12-14,18H2,1-4H3. The third-order valence-corrected chi connectivity index (χ3v) is 4.37. The van der Waals surface area contributed by atoms with E-state index in [9.17, 15) is 0 Å². The Morgan fingerprint density at radius 3 is 2.45 bits per heavy atom. The second-order valence-electron chi connectivity index (χ2n) is 6.23. The van der Waals surface area contributed by atoms with Crippen molar-refractivity contribution in [3.8, 4) is 0 Å². The number of hydrogen-bond donors (Lipinski definition) is 1. The molecule has 0 saturated heterocycles. The number of nitrogens with two attached hydrogens (primary N) is 1. The zero-order valence-corrected chi connectivity index (χ0v) is 13.7. The van der Waals surface area contributed by atoms with Gasteiger partial charge in [0.2, 0.25) is 0 Å². The Kier molecular flexibility index (Phi) is 7.31. The van der Waals surface area contributed by atoms with Crippen molar-refractivity contribution in [1.82, 2.24) is 4.90 Å². The van der Waals surface area contributed by atoms with Crippen LogP contribution in [0.15, 0.2) is 16.5 Å². The summed E-state index contributed by atoms with van der Waals surface area (Å²) in [6.45, 7) is 8.03. The molecule has 0 fully saturated rings. The van der Waals surface area contributed by atoms with E-state index in [1.165, 1.54) is 32.1 Å². The van der Waals surface area contributed by atoms with E-state index in [0.717, 1.165) is 24.5 Å². The summed E-state index contributed by atoms with van der Waals surface area (Å²) in [4.78, 5) is 2.34. The molecule has 0 bridgehead atoms. The van der Waals surface area contributed by atoms with Gasteiger partial charge in [-0.1, -0.05) is 39.0 Å². The fraction of sp³-hybridized carbons (Fsp3) is 0.765. The van der Waals surface area contributed by atoms with E-state index in [-0.39, 0.29) is 5.54 Å². The monoisotopic (exact) mass is 280 g/mol. The third-order valence-electron chi connectivity index (χ3n) is 4.37. The zero-order valence-electron chi connectivity index (χ0n) is 13.7. The highest BCUT2D eigenvalue weighted by atomic mass is 16.3. The van der Waals surface area contributed by atoms with Crippen LogP contribution in [0.2, 0.25) is 0 Å². The molecule has 0 aliphatic heterocycles. The van der Waals surface area contributed by atoms with Crippen LogP contribution in [0.5, 0.6) is 0 Å². The Hall–Kier alpha value is -0.800. The average Bonchev–Trinajstić information content (AvgIpc) is 2.83. The Morgan fingerprint density at radius 1 is 1.20 bits per heavy atom. The van der Waals surface area contributed by atoms with Gasteiger partial charge in [0.1, 0.15) is 11.5 Å². The minimum atomic E-state index is 0.0624.